The fourth-order valence-corrected chi connectivity index (χ4v) is 2.77. The molecule has 1 saturated heterocycles. The van der Waals surface area contributed by atoms with Crippen LogP contribution in [-0.4, -0.2) is 40.5 Å². The molecule has 0 saturated carbocycles. The van der Waals surface area contributed by atoms with Crippen molar-refractivity contribution in [2.45, 2.75) is 25.8 Å². The Hall–Kier alpha value is -1.21. The molecule has 7 heteroatoms. The van der Waals surface area contributed by atoms with Gasteiger partial charge in [-0.05, 0) is 44.2 Å². The van der Waals surface area contributed by atoms with Crippen molar-refractivity contribution in [3.8, 4) is 0 Å². The third-order valence-electron chi connectivity index (χ3n) is 2.77. The standard InChI is InChI=1S/C10H16N4O2S/c1-8(7-13-4-2-3-5-13)12-10-11-6-9(17-10)14(15)16/h6,8H,2-5,7H2,1H3,(H,11,12). The first-order valence-electron chi connectivity index (χ1n) is 5.74. The van der Waals surface area contributed by atoms with E-state index in [0.29, 0.717) is 5.13 Å². The van der Waals surface area contributed by atoms with Gasteiger partial charge in [0.1, 0.15) is 6.20 Å². The molecule has 0 amide bonds. The van der Waals surface area contributed by atoms with Gasteiger partial charge in [-0.1, -0.05) is 0 Å². The molecule has 1 aromatic rings. The zero-order valence-electron chi connectivity index (χ0n) is 9.76. The summed E-state index contributed by atoms with van der Waals surface area (Å²) in [5, 5.41) is 14.4. The van der Waals surface area contributed by atoms with Crippen molar-refractivity contribution in [1.29, 1.82) is 0 Å². The first-order valence-corrected chi connectivity index (χ1v) is 6.56. The van der Waals surface area contributed by atoms with E-state index in [-0.39, 0.29) is 11.0 Å². The number of likely N-dealkylation sites (tertiary alicyclic amines) is 1. The van der Waals surface area contributed by atoms with E-state index in [1.807, 2.05) is 0 Å². The van der Waals surface area contributed by atoms with E-state index in [2.05, 4.69) is 22.1 Å². The van der Waals surface area contributed by atoms with Crippen LogP contribution < -0.4 is 5.32 Å². The van der Waals surface area contributed by atoms with Crippen LogP contribution in [0.3, 0.4) is 0 Å². The van der Waals surface area contributed by atoms with E-state index < -0.39 is 4.92 Å². The van der Waals surface area contributed by atoms with Gasteiger partial charge in [0.25, 0.3) is 0 Å². The summed E-state index contributed by atoms with van der Waals surface area (Å²) < 4.78 is 0. The first-order chi connectivity index (χ1) is 8.15. The zero-order valence-corrected chi connectivity index (χ0v) is 10.6. The van der Waals surface area contributed by atoms with Crippen molar-refractivity contribution >= 4 is 21.5 Å². The maximum Gasteiger partial charge on any atom is 0.345 e. The topological polar surface area (TPSA) is 71.3 Å². The van der Waals surface area contributed by atoms with E-state index in [1.54, 1.807) is 0 Å². The maximum atomic E-state index is 10.5. The average Bonchev–Trinajstić information content (AvgIpc) is 2.88. The summed E-state index contributed by atoms with van der Waals surface area (Å²) >= 11 is 1.09. The predicted octanol–water partition coefficient (Wildman–Crippen LogP) is 1.95. The molecule has 1 unspecified atom stereocenters. The lowest BCUT2D eigenvalue weighted by Gasteiger charge is -2.20. The molecule has 1 fully saturated rings. The van der Waals surface area contributed by atoms with E-state index in [1.165, 1.54) is 19.0 Å². The van der Waals surface area contributed by atoms with Gasteiger partial charge >= 0.3 is 5.00 Å². The van der Waals surface area contributed by atoms with Crippen LogP contribution >= 0.6 is 11.3 Å². The van der Waals surface area contributed by atoms with Gasteiger partial charge in [-0.3, -0.25) is 10.1 Å². The Morgan fingerprint density at radius 2 is 2.35 bits per heavy atom. The van der Waals surface area contributed by atoms with Crippen molar-refractivity contribution in [2.75, 3.05) is 25.0 Å². The molecule has 0 radical (unpaired) electrons. The molecule has 0 aromatic carbocycles. The zero-order chi connectivity index (χ0) is 12.3. The quantitative estimate of drug-likeness (QED) is 0.644. The van der Waals surface area contributed by atoms with Crippen LogP contribution in [0.15, 0.2) is 6.20 Å². The molecule has 94 valence electrons. The predicted molar refractivity (Wildman–Crippen MR) is 67.5 cm³/mol. The Labute approximate surface area is 104 Å². The number of aromatic nitrogens is 1. The summed E-state index contributed by atoms with van der Waals surface area (Å²) in [6.45, 7) is 5.35. The van der Waals surface area contributed by atoms with Crippen molar-refractivity contribution < 1.29 is 4.92 Å². The molecular weight excluding hydrogens is 240 g/mol. The lowest BCUT2D eigenvalue weighted by atomic mass is 10.3. The lowest BCUT2D eigenvalue weighted by molar-refractivity contribution is -0.380. The second-order valence-corrected chi connectivity index (χ2v) is 5.32. The molecule has 2 rings (SSSR count). The largest absolute Gasteiger partial charge is 0.358 e. The number of rotatable bonds is 5. The second-order valence-electron chi connectivity index (χ2n) is 4.31. The number of hydrogen-bond acceptors (Lipinski definition) is 6. The number of nitro groups is 1. The number of anilines is 1. The van der Waals surface area contributed by atoms with Crippen molar-refractivity contribution in [2.24, 2.45) is 0 Å². The van der Waals surface area contributed by atoms with Crippen LogP contribution in [0.5, 0.6) is 0 Å². The summed E-state index contributed by atoms with van der Waals surface area (Å²) in [6, 6.07) is 0.263. The third kappa shape index (κ3) is 3.37. The molecule has 0 aliphatic carbocycles. The molecule has 1 N–H and O–H groups in total. The fourth-order valence-electron chi connectivity index (χ4n) is 2.03. The molecule has 1 aliphatic rings. The minimum absolute atomic E-state index is 0.0841. The minimum atomic E-state index is -0.409. The van der Waals surface area contributed by atoms with Crippen LogP contribution in [0, 0.1) is 10.1 Å². The highest BCUT2D eigenvalue weighted by atomic mass is 32.1. The lowest BCUT2D eigenvalue weighted by Crippen LogP contribution is -2.32. The number of hydrogen-bond donors (Lipinski definition) is 1. The number of nitrogens with one attached hydrogen (secondary N) is 1. The van der Waals surface area contributed by atoms with Crippen LogP contribution in [0.25, 0.3) is 0 Å². The monoisotopic (exact) mass is 256 g/mol. The van der Waals surface area contributed by atoms with Gasteiger partial charge in [-0.2, -0.15) is 0 Å². The Balaban J connectivity index is 1.84. The normalized spacial score (nSPS) is 18.2. The highest BCUT2D eigenvalue weighted by Crippen LogP contribution is 2.25. The molecule has 2 heterocycles. The van der Waals surface area contributed by atoms with Gasteiger partial charge in [0, 0.05) is 12.6 Å². The highest BCUT2D eigenvalue weighted by Gasteiger charge is 2.16. The molecule has 0 bridgehead atoms. The van der Waals surface area contributed by atoms with Gasteiger partial charge in [0.15, 0.2) is 5.13 Å². The molecule has 0 spiro atoms. The van der Waals surface area contributed by atoms with Crippen molar-refractivity contribution in [3.05, 3.63) is 16.3 Å². The molecule has 1 aliphatic heterocycles. The second kappa shape index (κ2) is 5.42. The average molecular weight is 256 g/mol. The van der Waals surface area contributed by atoms with Gasteiger partial charge in [-0.15, -0.1) is 0 Å². The van der Waals surface area contributed by atoms with Gasteiger partial charge in [0.2, 0.25) is 0 Å². The third-order valence-corrected chi connectivity index (χ3v) is 3.65. The molecule has 17 heavy (non-hydrogen) atoms. The Morgan fingerprint density at radius 1 is 1.65 bits per heavy atom. The highest BCUT2D eigenvalue weighted by molar-refractivity contribution is 7.18. The van der Waals surface area contributed by atoms with E-state index in [9.17, 15) is 10.1 Å². The summed E-state index contributed by atoms with van der Waals surface area (Å²) in [4.78, 5) is 16.5. The van der Waals surface area contributed by atoms with Crippen LogP contribution in [0.4, 0.5) is 10.1 Å². The molecular formula is C10H16N4O2S. The molecule has 1 atom stereocenters. The van der Waals surface area contributed by atoms with E-state index in [0.717, 1.165) is 31.0 Å². The SMILES string of the molecule is CC(CN1CCCC1)Nc1ncc([N+](=O)[O-])s1. The summed E-state index contributed by atoms with van der Waals surface area (Å²) in [7, 11) is 0. The Kier molecular flexibility index (Phi) is 3.90. The molecule has 6 nitrogen and oxygen atoms in total. The van der Waals surface area contributed by atoms with Crippen molar-refractivity contribution in [1.82, 2.24) is 9.88 Å². The van der Waals surface area contributed by atoms with E-state index >= 15 is 0 Å². The first kappa shape index (κ1) is 12.3. The summed E-state index contributed by atoms with van der Waals surface area (Å²) in [5.74, 6) is 0. The smallest absolute Gasteiger partial charge is 0.345 e. The molecule has 1 aromatic heterocycles. The minimum Gasteiger partial charge on any atom is -0.358 e. The van der Waals surface area contributed by atoms with Gasteiger partial charge in [0.05, 0.1) is 4.92 Å². The maximum absolute atomic E-state index is 10.5. The fraction of sp³-hybridized carbons (Fsp3) is 0.700. The number of nitrogens with zero attached hydrogens (tertiary/aromatic N) is 3. The van der Waals surface area contributed by atoms with Crippen LogP contribution in [-0.2, 0) is 0 Å². The summed E-state index contributed by atoms with van der Waals surface area (Å²) in [5.41, 5.74) is 0. The van der Waals surface area contributed by atoms with Gasteiger partial charge < -0.3 is 10.2 Å². The Morgan fingerprint density at radius 3 is 2.94 bits per heavy atom. The van der Waals surface area contributed by atoms with Gasteiger partial charge in [-0.25, -0.2) is 4.98 Å². The number of thiazole rings is 1. The summed E-state index contributed by atoms with van der Waals surface area (Å²) in [6.07, 6.45) is 3.85. The van der Waals surface area contributed by atoms with E-state index in [4.69, 9.17) is 0 Å². The van der Waals surface area contributed by atoms with Crippen LogP contribution in [0.2, 0.25) is 0 Å². The van der Waals surface area contributed by atoms with Crippen LogP contribution in [0.1, 0.15) is 19.8 Å². The van der Waals surface area contributed by atoms with Crippen molar-refractivity contribution in [3.63, 3.8) is 0 Å². The Bertz CT molecular complexity index is 389.